The average molecular weight is 262 g/mol. The predicted octanol–water partition coefficient (Wildman–Crippen LogP) is 2.47. The number of aromatic amines is 1. The third-order valence-corrected chi connectivity index (χ3v) is 4.68. The molecule has 1 unspecified atom stereocenters. The first-order valence-corrected chi connectivity index (χ1v) is 7.23. The van der Waals surface area contributed by atoms with Crippen molar-refractivity contribution in [2.75, 3.05) is 13.1 Å². The number of thiazole rings is 1. The molecule has 2 aromatic rings. The van der Waals surface area contributed by atoms with Crippen molar-refractivity contribution < 1.29 is 0 Å². The summed E-state index contributed by atoms with van der Waals surface area (Å²) >= 11 is 1.77. The van der Waals surface area contributed by atoms with E-state index >= 15 is 0 Å². The van der Waals surface area contributed by atoms with Crippen LogP contribution in [0.1, 0.15) is 34.2 Å². The number of likely N-dealkylation sites (tertiary alicyclic amines) is 1. The molecule has 18 heavy (non-hydrogen) atoms. The molecule has 1 aliphatic heterocycles. The summed E-state index contributed by atoms with van der Waals surface area (Å²) in [5, 5.41) is 7.28. The Morgan fingerprint density at radius 1 is 1.50 bits per heavy atom. The van der Waals surface area contributed by atoms with Gasteiger partial charge in [0.05, 0.1) is 17.4 Å². The van der Waals surface area contributed by atoms with Gasteiger partial charge in [0, 0.05) is 29.6 Å². The second-order valence-corrected chi connectivity index (χ2v) is 5.99. The molecule has 1 N–H and O–H groups in total. The van der Waals surface area contributed by atoms with E-state index in [1.54, 1.807) is 11.3 Å². The number of H-pyrrole nitrogens is 1. The van der Waals surface area contributed by atoms with Crippen LogP contribution in [-0.4, -0.2) is 33.2 Å². The molecule has 96 valence electrons. The maximum absolute atomic E-state index is 4.32. The van der Waals surface area contributed by atoms with Crippen molar-refractivity contribution >= 4 is 11.3 Å². The highest BCUT2D eigenvalue weighted by atomic mass is 32.1. The highest BCUT2D eigenvalue weighted by molar-refractivity contribution is 7.09. The Hall–Kier alpha value is -1.20. The fraction of sp³-hybridized carbons (Fsp3) is 0.538. The molecule has 3 rings (SSSR count). The van der Waals surface area contributed by atoms with Crippen LogP contribution in [0.15, 0.2) is 11.7 Å². The van der Waals surface area contributed by atoms with Crippen LogP contribution in [0.4, 0.5) is 0 Å². The number of hydrogen-bond acceptors (Lipinski definition) is 4. The summed E-state index contributed by atoms with van der Waals surface area (Å²) in [5.74, 6) is 0.612. The summed E-state index contributed by atoms with van der Waals surface area (Å²) in [7, 11) is 0. The lowest BCUT2D eigenvalue weighted by atomic mass is 10.0. The van der Waals surface area contributed by atoms with E-state index in [1.165, 1.54) is 34.8 Å². The van der Waals surface area contributed by atoms with Crippen LogP contribution in [0, 0.1) is 13.8 Å². The Morgan fingerprint density at radius 3 is 3.06 bits per heavy atom. The van der Waals surface area contributed by atoms with Crippen LogP contribution >= 0.6 is 11.3 Å². The van der Waals surface area contributed by atoms with Crippen LogP contribution in [0.5, 0.6) is 0 Å². The smallest absolute Gasteiger partial charge is 0.0798 e. The minimum absolute atomic E-state index is 0.612. The maximum Gasteiger partial charge on any atom is 0.0798 e. The summed E-state index contributed by atoms with van der Waals surface area (Å²) in [6.07, 6.45) is 3.15. The van der Waals surface area contributed by atoms with Gasteiger partial charge in [-0.2, -0.15) is 5.10 Å². The van der Waals surface area contributed by atoms with Crippen LogP contribution < -0.4 is 0 Å². The lowest BCUT2D eigenvalue weighted by molar-refractivity contribution is 0.328. The average Bonchev–Trinajstić information content (AvgIpc) is 3.03. The first-order valence-electron chi connectivity index (χ1n) is 6.35. The van der Waals surface area contributed by atoms with Gasteiger partial charge in [-0.05, 0) is 32.4 Å². The van der Waals surface area contributed by atoms with E-state index in [4.69, 9.17) is 0 Å². The fourth-order valence-corrected chi connectivity index (χ4v) is 3.48. The lowest BCUT2D eigenvalue weighted by Gasteiger charge is -2.15. The minimum Gasteiger partial charge on any atom is -0.298 e. The Morgan fingerprint density at radius 2 is 2.39 bits per heavy atom. The molecular formula is C13H18N4S. The van der Waals surface area contributed by atoms with E-state index in [9.17, 15) is 0 Å². The maximum atomic E-state index is 4.32. The Balaban J connectivity index is 1.66. The summed E-state index contributed by atoms with van der Waals surface area (Å²) in [6, 6.07) is 0. The molecule has 0 aliphatic carbocycles. The standard InChI is InChI=1S/C13H18N4S/c1-9-5-15-16-13(9)11-3-4-17(6-11)7-12-10(2)14-8-18-12/h5,8,11H,3-4,6-7H2,1-2H3,(H,15,16). The molecule has 5 heteroatoms. The van der Waals surface area contributed by atoms with Crippen molar-refractivity contribution in [3.8, 4) is 0 Å². The van der Waals surface area contributed by atoms with Gasteiger partial charge < -0.3 is 0 Å². The summed E-state index contributed by atoms with van der Waals surface area (Å²) in [4.78, 5) is 8.24. The molecular weight excluding hydrogens is 244 g/mol. The largest absolute Gasteiger partial charge is 0.298 e. The van der Waals surface area contributed by atoms with E-state index in [0.717, 1.165) is 13.1 Å². The third-order valence-electron chi connectivity index (χ3n) is 3.76. The number of nitrogens with one attached hydrogen (secondary N) is 1. The molecule has 1 aliphatic rings. The van der Waals surface area contributed by atoms with E-state index in [2.05, 4.69) is 33.9 Å². The van der Waals surface area contributed by atoms with E-state index in [0.29, 0.717) is 5.92 Å². The van der Waals surface area contributed by atoms with Crippen molar-refractivity contribution in [2.24, 2.45) is 0 Å². The van der Waals surface area contributed by atoms with Gasteiger partial charge in [-0.1, -0.05) is 0 Å². The zero-order chi connectivity index (χ0) is 12.5. The van der Waals surface area contributed by atoms with E-state index in [1.807, 2.05) is 11.7 Å². The van der Waals surface area contributed by atoms with Gasteiger partial charge in [0.25, 0.3) is 0 Å². The second kappa shape index (κ2) is 4.82. The second-order valence-electron chi connectivity index (χ2n) is 5.05. The van der Waals surface area contributed by atoms with Crippen LogP contribution in [0.3, 0.4) is 0 Å². The van der Waals surface area contributed by atoms with Crippen LogP contribution in [0.25, 0.3) is 0 Å². The molecule has 0 spiro atoms. The van der Waals surface area contributed by atoms with Crippen molar-refractivity contribution in [3.05, 3.63) is 33.5 Å². The monoisotopic (exact) mass is 262 g/mol. The number of nitrogens with zero attached hydrogens (tertiary/aromatic N) is 3. The van der Waals surface area contributed by atoms with Gasteiger partial charge in [-0.25, -0.2) is 4.98 Å². The molecule has 2 aromatic heterocycles. The van der Waals surface area contributed by atoms with Gasteiger partial charge in [0.15, 0.2) is 0 Å². The molecule has 4 nitrogen and oxygen atoms in total. The van der Waals surface area contributed by atoms with Crippen molar-refractivity contribution in [3.63, 3.8) is 0 Å². The van der Waals surface area contributed by atoms with Crippen LogP contribution in [0.2, 0.25) is 0 Å². The molecule has 0 radical (unpaired) electrons. The number of aryl methyl sites for hydroxylation is 2. The topological polar surface area (TPSA) is 44.8 Å². The van der Waals surface area contributed by atoms with Crippen molar-refractivity contribution in [2.45, 2.75) is 32.7 Å². The molecule has 1 saturated heterocycles. The molecule has 0 aromatic carbocycles. The van der Waals surface area contributed by atoms with Gasteiger partial charge >= 0.3 is 0 Å². The van der Waals surface area contributed by atoms with Crippen molar-refractivity contribution in [1.29, 1.82) is 0 Å². The minimum atomic E-state index is 0.612. The van der Waals surface area contributed by atoms with E-state index < -0.39 is 0 Å². The highest BCUT2D eigenvalue weighted by Crippen LogP contribution is 2.29. The molecule has 3 heterocycles. The van der Waals surface area contributed by atoms with Gasteiger partial charge in [0.1, 0.15) is 0 Å². The zero-order valence-electron chi connectivity index (χ0n) is 10.8. The summed E-state index contributed by atoms with van der Waals surface area (Å²) < 4.78 is 0. The third kappa shape index (κ3) is 2.20. The molecule has 0 saturated carbocycles. The normalized spacial score (nSPS) is 20.7. The highest BCUT2D eigenvalue weighted by Gasteiger charge is 2.26. The molecule has 1 atom stereocenters. The van der Waals surface area contributed by atoms with Crippen LogP contribution in [-0.2, 0) is 6.54 Å². The molecule has 0 bridgehead atoms. The molecule has 1 fully saturated rings. The van der Waals surface area contributed by atoms with Gasteiger partial charge in [-0.15, -0.1) is 11.3 Å². The quantitative estimate of drug-likeness (QED) is 0.924. The number of rotatable bonds is 3. The Labute approximate surface area is 111 Å². The predicted molar refractivity (Wildman–Crippen MR) is 72.8 cm³/mol. The summed E-state index contributed by atoms with van der Waals surface area (Å²) in [6.45, 7) is 7.56. The first-order chi connectivity index (χ1) is 8.74. The Bertz CT molecular complexity index is 531. The van der Waals surface area contributed by atoms with Crippen molar-refractivity contribution in [1.82, 2.24) is 20.1 Å². The molecule has 0 amide bonds. The van der Waals surface area contributed by atoms with Gasteiger partial charge in [0.2, 0.25) is 0 Å². The number of hydrogen-bond donors (Lipinski definition) is 1. The summed E-state index contributed by atoms with van der Waals surface area (Å²) in [5.41, 5.74) is 5.73. The Kier molecular flexibility index (Phi) is 3.18. The van der Waals surface area contributed by atoms with Gasteiger partial charge in [-0.3, -0.25) is 10.00 Å². The van der Waals surface area contributed by atoms with E-state index in [-0.39, 0.29) is 0 Å². The number of aromatic nitrogens is 3. The zero-order valence-corrected chi connectivity index (χ0v) is 11.6. The lowest BCUT2D eigenvalue weighted by Crippen LogP contribution is -2.19. The SMILES string of the molecule is Cc1cn[nH]c1C1CCN(Cc2scnc2C)C1. The fourth-order valence-electron chi connectivity index (χ4n) is 2.66. The first kappa shape index (κ1) is 11.9.